The fourth-order valence-electron chi connectivity index (χ4n) is 2.29. The molecule has 1 N–H and O–H groups in total. The summed E-state index contributed by atoms with van der Waals surface area (Å²) in [6.45, 7) is 2.00. The van der Waals surface area contributed by atoms with Gasteiger partial charge >= 0.3 is 0 Å². The molecule has 94 valence electrons. The van der Waals surface area contributed by atoms with E-state index in [0.717, 1.165) is 25.0 Å². The molecular formula is C12H19N3OS. The molecule has 0 aliphatic heterocycles. The lowest BCUT2D eigenvalue weighted by atomic mass is 10.1. The molecule has 5 heteroatoms. The minimum atomic E-state index is 0.0174. The quantitative estimate of drug-likeness (QED) is 0.842. The number of amides is 1. The van der Waals surface area contributed by atoms with Crippen LogP contribution < -0.4 is 5.32 Å². The number of nitrogens with zero attached hydrogens (tertiary/aromatic N) is 2. The lowest BCUT2D eigenvalue weighted by molar-refractivity contribution is 0.0936. The van der Waals surface area contributed by atoms with Crippen LogP contribution in [0.2, 0.25) is 0 Å². The predicted molar refractivity (Wildman–Crippen MR) is 68.2 cm³/mol. The van der Waals surface area contributed by atoms with Crippen molar-refractivity contribution in [2.45, 2.75) is 57.9 Å². The number of aromatic nitrogens is 2. The van der Waals surface area contributed by atoms with Gasteiger partial charge in [0.15, 0.2) is 0 Å². The average molecular weight is 253 g/mol. The Morgan fingerprint density at radius 2 is 2.06 bits per heavy atom. The summed E-state index contributed by atoms with van der Waals surface area (Å²) in [5, 5.41) is 7.10. The van der Waals surface area contributed by atoms with Crippen LogP contribution in [-0.2, 0) is 6.42 Å². The molecule has 1 heterocycles. The number of nitrogens with one attached hydrogen (secondary N) is 1. The Balaban J connectivity index is 1.96. The van der Waals surface area contributed by atoms with Gasteiger partial charge in [-0.25, -0.2) is 0 Å². The fourth-order valence-corrected chi connectivity index (χ4v) is 2.94. The van der Waals surface area contributed by atoms with Crippen LogP contribution in [0.5, 0.6) is 0 Å². The third-order valence-corrected chi connectivity index (χ3v) is 4.05. The van der Waals surface area contributed by atoms with Crippen molar-refractivity contribution in [3.8, 4) is 0 Å². The molecule has 0 unspecified atom stereocenters. The lowest BCUT2D eigenvalue weighted by Crippen LogP contribution is -2.34. The third-order valence-electron chi connectivity index (χ3n) is 3.29. The topological polar surface area (TPSA) is 54.9 Å². The molecule has 1 aromatic heterocycles. The Kier molecular flexibility index (Phi) is 4.48. The molecule has 0 bridgehead atoms. The molecule has 1 fully saturated rings. The Hall–Kier alpha value is -0.970. The molecule has 2 rings (SSSR count). The van der Waals surface area contributed by atoms with Crippen molar-refractivity contribution in [1.29, 1.82) is 0 Å². The van der Waals surface area contributed by atoms with Gasteiger partial charge in [0.05, 0.1) is 5.69 Å². The van der Waals surface area contributed by atoms with Gasteiger partial charge in [0.2, 0.25) is 0 Å². The number of carbonyl (C=O) groups excluding carboxylic acids is 1. The summed E-state index contributed by atoms with van der Waals surface area (Å²) in [5.41, 5.74) is 0.820. The third kappa shape index (κ3) is 3.25. The zero-order chi connectivity index (χ0) is 12.1. The summed E-state index contributed by atoms with van der Waals surface area (Å²) in [4.78, 5) is 12.8. The molecule has 17 heavy (non-hydrogen) atoms. The predicted octanol–water partition coefficient (Wildman–Crippen LogP) is 2.55. The summed E-state index contributed by atoms with van der Waals surface area (Å²) in [6, 6.07) is 0.344. The van der Waals surface area contributed by atoms with Crippen molar-refractivity contribution >= 4 is 17.4 Å². The van der Waals surface area contributed by atoms with E-state index >= 15 is 0 Å². The standard InChI is InChI=1S/C12H19N3OS/c1-2-10-11(17-15-14-10)12(16)13-9-7-5-3-4-6-8-9/h9H,2-8H2,1H3,(H,13,16). The molecule has 1 aliphatic rings. The maximum Gasteiger partial charge on any atom is 0.265 e. The first-order valence-corrected chi connectivity index (χ1v) is 7.20. The van der Waals surface area contributed by atoms with E-state index in [0.29, 0.717) is 10.9 Å². The zero-order valence-corrected chi connectivity index (χ0v) is 11.1. The van der Waals surface area contributed by atoms with E-state index in [1.165, 1.54) is 37.2 Å². The number of hydrogen-bond donors (Lipinski definition) is 1. The van der Waals surface area contributed by atoms with E-state index in [1.54, 1.807) is 0 Å². The van der Waals surface area contributed by atoms with Crippen molar-refractivity contribution in [3.63, 3.8) is 0 Å². The van der Waals surface area contributed by atoms with E-state index in [2.05, 4.69) is 14.9 Å². The monoisotopic (exact) mass is 253 g/mol. The van der Waals surface area contributed by atoms with Crippen LogP contribution in [0.15, 0.2) is 0 Å². The molecule has 1 aliphatic carbocycles. The van der Waals surface area contributed by atoms with E-state index in [9.17, 15) is 4.79 Å². The summed E-state index contributed by atoms with van der Waals surface area (Å²) in [5.74, 6) is 0.0174. The molecule has 0 radical (unpaired) electrons. The lowest BCUT2D eigenvalue weighted by Gasteiger charge is -2.15. The van der Waals surface area contributed by atoms with Crippen molar-refractivity contribution in [2.75, 3.05) is 0 Å². The molecule has 0 aromatic carbocycles. The Labute approximate surface area is 106 Å². The van der Waals surface area contributed by atoms with Crippen LogP contribution in [0.1, 0.15) is 60.8 Å². The molecule has 4 nitrogen and oxygen atoms in total. The highest BCUT2D eigenvalue weighted by molar-refractivity contribution is 7.08. The van der Waals surface area contributed by atoms with E-state index in [1.807, 2.05) is 6.92 Å². The highest BCUT2D eigenvalue weighted by atomic mass is 32.1. The van der Waals surface area contributed by atoms with Crippen LogP contribution in [0, 0.1) is 0 Å². The van der Waals surface area contributed by atoms with Gasteiger partial charge in [0.25, 0.3) is 5.91 Å². The highest BCUT2D eigenvalue weighted by Crippen LogP contribution is 2.18. The van der Waals surface area contributed by atoms with Crippen LogP contribution in [0.4, 0.5) is 0 Å². The first-order valence-electron chi connectivity index (χ1n) is 6.43. The molecular weight excluding hydrogens is 234 g/mol. The van der Waals surface area contributed by atoms with Crippen molar-refractivity contribution in [2.24, 2.45) is 0 Å². The first kappa shape index (κ1) is 12.5. The van der Waals surface area contributed by atoms with Crippen LogP contribution in [-0.4, -0.2) is 21.5 Å². The summed E-state index contributed by atoms with van der Waals surface area (Å²) >= 11 is 1.20. The fraction of sp³-hybridized carbons (Fsp3) is 0.750. The average Bonchev–Trinajstić information content (AvgIpc) is 2.68. The van der Waals surface area contributed by atoms with Crippen molar-refractivity contribution in [3.05, 3.63) is 10.6 Å². The second-order valence-corrected chi connectivity index (χ2v) is 5.32. The minimum absolute atomic E-state index is 0.0174. The van der Waals surface area contributed by atoms with E-state index in [-0.39, 0.29) is 5.91 Å². The molecule has 1 amide bonds. The zero-order valence-electron chi connectivity index (χ0n) is 10.2. The molecule has 1 aromatic rings. The van der Waals surface area contributed by atoms with Gasteiger partial charge in [-0.3, -0.25) is 4.79 Å². The van der Waals surface area contributed by atoms with Crippen molar-refractivity contribution < 1.29 is 4.79 Å². The van der Waals surface area contributed by atoms with Gasteiger partial charge < -0.3 is 5.32 Å². The molecule has 0 atom stereocenters. The summed E-state index contributed by atoms with van der Waals surface area (Å²) < 4.78 is 3.86. The smallest absolute Gasteiger partial charge is 0.265 e. The van der Waals surface area contributed by atoms with Gasteiger partial charge in [0, 0.05) is 6.04 Å². The summed E-state index contributed by atoms with van der Waals surface area (Å²) in [7, 11) is 0. The van der Waals surface area contributed by atoms with Crippen LogP contribution in [0.3, 0.4) is 0 Å². The molecule has 1 saturated carbocycles. The second-order valence-electron chi connectivity index (χ2n) is 4.56. The maximum atomic E-state index is 12.1. The van der Waals surface area contributed by atoms with Gasteiger partial charge in [-0.05, 0) is 30.8 Å². The largest absolute Gasteiger partial charge is 0.349 e. The van der Waals surface area contributed by atoms with Crippen LogP contribution in [0.25, 0.3) is 0 Å². The molecule has 0 saturated heterocycles. The highest BCUT2D eigenvalue weighted by Gasteiger charge is 2.19. The van der Waals surface area contributed by atoms with Crippen molar-refractivity contribution in [1.82, 2.24) is 14.9 Å². The molecule has 0 spiro atoms. The van der Waals surface area contributed by atoms with Gasteiger partial charge in [-0.2, -0.15) is 0 Å². The van der Waals surface area contributed by atoms with Gasteiger partial charge in [0.1, 0.15) is 4.88 Å². The first-order chi connectivity index (χ1) is 8.31. The summed E-state index contributed by atoms with van der Waals surface area (Å²) in [6.07, 6.45) is 8.05. The Morgan fingerprint density at radius 3 is 2.71 bits per heavy atom. The van der Waals surface area contributed by atoms with Gasteiger partial charge in [-0.1, -0.05) is 37.1 Å². The number of rotatable bonds is 3. The normalized spacial score (nSPS) is 17.7. The van der Waals surface area contributed by atoms with E-state index in [4.69, 9.17) is 0 Å². The number of aryl methyl sites for hydroxylation is 1. The SMILES string of the molecule is CCc1nnsc1C(=O)NC1CCCCCC1. The minimum Gasteiger partial charge on any atom is -0.349 e. The Bertz CT molecular complexity index is 370. The number of carbonyl (C=O) groups is 1. The van der Waals surface area contributed by atoms with Crippen LogP contribution >= 0.6 is 11.5 Å². The second kappa shape index (κ2) is 6.10. The Morgan fingerprint density at radius 1 is 1.35 bits per heavy atom. The maximum absolute atomic E-state index is 12.1. The van der Waals surface area contributed by atoms with E-state index < -0.39 is 0 Å². The number of hydrogen-bond acceptors (Lipinski definition) is 4. The van der Waals surface area contributed by atoms with Gasteiger partial charge in [-0.15, -0.1) is 5.10 Å².